The van der Waals surface area contributed by atoms with Crippen LogP contribution in [0.3, 0.4) is 0 Å². The van der Waals surface area contributed by atoms with Crippen molar-refractivity contribution in [3.8, 4) is 0 Å². The molecule has 3 nitrogen and oxygen atoms in total. The first kappa shape index (κ1) is 8.07. The minimum Gasteiger partial charge on any atom is -0.306 e. The van der Waals surface area contributed by atoms with E-state index in [0.717, 1.165) is 20.0 Å². The van der Waals surface area contributed by atoms with Gasteiger partial charge in [-0.3, -0.25) is 0 Å². The van der Waals surface area contributed by atoms with E-state index in [1.165, 1.54) is 0 Å². The van der Waals surface area contributed by atoms with E-state index in [1.54, 1.807) is 0 Å². The van der Waals surface area contributed by atoms with Crippen LogP contribution in [0.5, 0.6) is 0 Å². The minimum absolute atomic E-state index is 0.185. The Labute approximate surface area is 84.4 Å². The predicted octanol–water partition coefficient (Wildman–Crippen LogP) is 2.38. The number of halogens is 2. The molecule has 1 aromatic carbocycles. The van der Waals surface area contributed by atoms with E-state index in [2.05, 4.69) is 41.8 Å². The third-order valence-corrected chi connectivity index (χ3v) is 3.40. The first-order chi connectivity index (χ1) is 5.66. The van der Waals surface area contributed by atoms with Crippen molar-refractivity contribution in [2.75, 3.05) is 0 Å². The Kier molecular flexibility index (Phi) is 1.84. The van der Waals surface area contributed by atoms with Crippen molar-refractivity contribution < 1.29 is 0 Å². The quantitative estimate of drug-likeness (QED) is 0.769. The molecule has 0 unspecified atom stereocenters. The maximum Gasteiger partial charge on any atom is 0.323 e. The van der Waals surface area contributed by atoms with Gasteiger partial charge in [0.15, 0.2) is 0 Å². The number of hydrogen-bond acceptors (Lipinski definition) is 1. The molecule has 62 valence electrons. The highest BCUT2D eigenvalue weighted by molar-refractivity contribution is 9.13. The normalized spacial score (nSPS) is 10.8. The number of H-pyrrole nitrogens is 2. The largest absolute Gasteiger partial charge is 0.323 e. The Morgan fingerprint density at radius 2 is 1.42 bits per heavy atom. The molecule has 0 fully saturated rings. The molecule has 0 atom stereocenters. The van der Waals surface area contributed by atoms with Crippen LogP contribution in [0.4, 0.5) is 0 Å². The Balaban J connectivity index is 2.92. The molecule has 0 saturated carbocycles. The van der Waals surface area contributed by atoms with Crippen LogP contribution in [-0.2, 0) is 0 Å². The fourth-order valence-electron chi connectivity index (χ4n) is 1.03. The fraction of sp³-hybridized carbons (Fsp3) is 0. The number of rotatable bonds is 0. The van der Waals surface area contributed by atoms with Crippen molar-refractivity contribution in [1.29, 1.82) is 0 Å². The molecule has 1 heterocycles. The molecule has 0 aliphatic heterocycles. The van der Waals surface area contributed by atoms with Gasteiger partial charge in [-0.15, -0.1) is 0 Å². The Bertz CT molecular complexity index is 444. The van der Waals surface area contributed by atoms with Gasteiger partial charge in [-0.25, -0.2) is 4.79 Å². The number of benzene rings is 1. The minimum atomic E-state index is -0.185. The maximum absolute atomic E-state index is 10.9. The molecule has 0 saturated heterocycles. The second-order valence-electron chi connectivity index (χ2n) is 2.39. The van der Waals surface area contributed by atoms with Crippen LogP contribution < -0.4 is 5.69 Å². The Hall–Kier alpha value is -0.550. The van der Waals surface area contributed by atoms with E-state index < -0.39 is 0 Å². The SMILES string of the molecule is O=c1[nH]c2cc(Br)c(Br)cc2[nH]1. The summed E-state index contributed by atoms with van der Waals surface area (Å²) in [6, 6.07) is 3.69. The lowest BCUT2D eigenvalue weighted by molar-refractivity contribution is 1.21. The monoisotopic (exact) mass is 290 g/mol. The van der Waals surface area contributed by atoms with Gasteiger partial charge < -0.3 is 9.97 Å². The standard InChI is InChI=1S/C7H4Br2N2O/c8-3-1-5-6(2-4(3)9)11-7(12)10-5/h1-2H,(H2,10,11,12). The smallest absolute Gasteiger partial charge is 0.306 e. The lowest BCUT2D eigenvalue weighted by Gasteiger charge is -1.94. The van der Waals surface area contributed by atoms with E-state index in [1.807, 2.05) is 12.1 Å². The van der Waals surface area contributed by atoms with E-state index >= 15 is 0 Å². The second kappa shape index (κ2) is 2.74. The average molecular weight is 292 g/mol. The molecule has 1 aromatic heterocycles. The zero-order valence-corrected chi connectivity index (χ0v) is 8.99. The van der Waals surface area contributed by atoms with Crippen LogP contribution in [0.2, 0.25) is 0 Å². The zero-order valence-electron chi connectivity index (χ0n) is 5.82. The molecule has 0 amide bonds. The summed E-state index contributed by atoms with van der Waals surface area (Å²) in [7, 11) is 0. The van der Waals surface area contributed by atoms with Crippen molar-refractivity contribution in [3.63, 3.8) is 0 Å². The summed E-state index contributed by atoms with van der Waals surface area (Å²) in [6.07, 6.45) is 0. The van der Waals surface area contributed by atoms with Crippen LogP contribution in [0.15, 0.2) is 25.9 Å². The first-order valence-corrected chi connectivity index (χ1v) is 4.82. The summed E-state index contributed by atoms with van der Waals surface area (Å²) >= 11 is 6.69. The molecular weight excluding hydrogens is 288 g/mol. The molecule has 2 aromatic rings. The predicted molar refractivity (Wildman–Crippen MR) is 54.3 cm³/mol. The molecular formula is C7H4Br2N2O. The van der Waals surface area contributed by atoms with Crippen molar-refractivity contribution in [2.24, 2.45) is 0 Å². The van der Waals surface area contributed by atoms with Crippen molar-refractivity contribution >= 4 is 42.9 Å². The third kappa shape index (κ3) is 1.23. The summed E-state index contributed by atoms with van der Waals surface area (Å²) in [5.74, 6) is 0. The van der Waals surface area contributed by atoms with Gasteiger partial charge >= 0.3 is 5.69 Å². The molecule has 0 bridgehead atoms. The number of hydrogen-bond donors (Lipinski definition) is 2. The number of fused-ring (bicyclic) bond motifs is 1. The lowest BCUT2D eigenvalue weighted by atomic mass is 10.3. The Morgan fingerprint density at radius 1 is 1.00 bits per heavy atom. The van der Waals surface area contributed by atoms with Crippen LogP contribution in [0.25, 0.3) is 11.0 Å². The number of imidazole rings is 1. The van der Waals surface area contributed by atoms with Gasteiger partial charge in [-0.05, 0) is 44.0 Å². The number of nitrogens with one attached hydrogen (secondary N) is 2. The lowest BCUT2D eigenvalue weighted by Crippen LogP contribution is -1.99. The number of aromatic nitrogens is 2. The summed E-state index contributed by atoms with van der Waals surface area (Å²) in [5, 5.41) is 0. The molecule has 2 rings (SSSR count). The molecule has 5 heteroatoms. The van der Waals surface area contributed by atoms with E-state index in [4.69, 9.17) is 0 Å². The highest BCUT2D eigenvalue weighted by Gasteiger charge is 2.01. The highest BCUT2D eigenvalue weighted by atomic mass is 79.9. The third-order valence-electron chi connectivity index (χ3n) is 1.56. The summed E-state index contributed by atoms with van der Waals surface area (Å²) in [5.41, 5.74) is 1.42. The molecule has 2 N–H and O–H groups in total. The van der Waals surface area contributed by atoms with E-state index in [0.29, 0.717) is 0 Å². The molecule has 0 radical (unpaired) electrons. The van der Waals surface area contributed by atoms with Crippen molar-refractivity contribution in [2.45, 2.75) is 0 Å². The summed E-state index contributed by atoms with van der Waals surface area (Å²) in [6.45, 7) is 0. The van der Waals surface area contributed by atoms with Gasteiger partial charge in [0.05, 0.1) is 11.0 Å². The Morgan fingerprint density at radius 3 is 1.83 bits per heavy atom. The average Bonchev–Trinajstić information content (AvgIpc) is 2.30. The summed E-state index contributed by atoms with van der Waals surface area (Å²) in [4.78, 5) is 16.2. The molecule has 0 aliphatic rings. The fourth-order valence-corrected chi connectivity index (χ4v) is 1.72. The van der Waals surface area contributed by atoms with Crippen LogP contribution in [0, 0.1) is 0 Å². The van der Waals surface area contributed by atoms with Gasteiger partial charge in [-0.1, -0.05) is 0 Å². The van der Waals surface area contributed by atoms with E-state index in [-0.39, 0.29) is 5.69 Å². The van der Waals surface area contributed by atoms with Crippen molar-refractivity contribution in [3.05, 3.63) is 31.6 Å². The van der Waals surface area contributed by atoms with Gasteiger partial charge in [0.2, 0.25) is 0 Å². The zero-order chi connectivity index (χ0) is 8.72. The first-order valence-electron chi connectivity index (χ1n) is 3.24. The molecule has 0 aliphatic carbocycles. The molecule has 12 heavy (non-hydrogen) atoms. The van der Waals surface area contributed by atoms with Gasteiger partial charge in [0.1, 0.15) is 0 Å². The molecule has 0 spiro atoms. The van der Waals surface area contributed by atoms with Crippen LogP contribution in [0.1, 0.15) is 0 Å². The topological polar surface area (TPSA) is 48.6 Å². The van der Waals surface area contributed by atoms with Crippen molar-refractivity contribution in [1.82, 2.24) is 9.97 Å². The highest BCUT2D eigenvalue weighted by Crippen LogP contribution is 2.26. The second-order valence-corrected chi connectivity index (χ2v) is 4.10. The maximum atomic E-state index is 10.9. The van der Waals surface area contributed by atoms with Gasteiger partial charge in [0.25, 0.3) is 0 Å². The van der Waals surface area contributed by atoms with Crippen LogP contribution >= 0.6 is 31.9 Å². The van der Waals surface area contributed by atoms with Crippen LogP contribution in [-0.4, -0.2) is 9.97 Å². The number of aromatic amines is 2. The van der Waals surface area contributed by atoms with Gasteiger partial charge in [-0.2, -0.15) is 0 Å². The van der Waals surface area contributed by atoms with E-state index in [9.17, 15) is 4.79 Å². The van der Waals surface area contributed by atoms with Gasteiger partial charge in [0, 0.05) is 8.95 Å². The summed E-state index contributed by atoms with van der Waals surface area (Å²) < 4.78 is 1.84.